The van der Waals surface area contributed by atoms with Gasteiger partial charge in [0.25, 0.3) is 10.0 Å². The predicted molar refractivity (Wildman–Crippen MR) is 153 cm³/mol. The minimum Gasteiger partial charge on any atom is -0.486 e. The second-order valence-corrected chi connectivity index (χ2v) is 11.7. The lowest BCUT2D eigenvalue weighted by Crippen LogP contribution is -2.52. The molecule has 0 fully saturated rings. The standard InChI is InChI=1S/C30H34FN3O6S/c1-4-21(2)32-30(36)22(3)33(19-23-10-12-24(31)13-11-23)29(35)20-34(41(37,38)26-8-6-5-7-9-26)25-14-15-27-28(18-25)40-17-16-39-27/h5-15,18,21-22H,4,16-17,19-20H2,1-3H3,(H,32,36)/t21-,22-/m0/s1. The van der Waals surface area contributed by atoms with Crippen molar-refractivity contribution in [1.82, 2.24) is 10.2 Å². The van der Waals surface area contributed by atoms with Crippen molar-refractivity contribution in [2.24, 2.45) is 0 Å². The maximum Gasteiger partial charge on any atom is 0.264 e. The van der Waals surface area contributed by atoms with E-state index in [1.807, 2.05) is 13.8 Å². The fourth-order valence-electron chi connectivity index (χ4n) is 4.27. The highest BCUT2D eigenvalue weighted by Crippen LogP contribution is 2.36. The molecule has 2 atom stereocenters. The lowest BCUT2D eigenvalue weighted by molar-refractivity contribution is -0.139. The molecule has 0 aromatic heterocycles. The quantitative estimate of drug-likeness (QED) is 0.364. The number of hydrogen-bond acceptors (Lipinski definition) is 6. The van der Waals surface area contributed by atoms with Crippen LogP contribution in [0.15, 0.2) is 77.7 Å². The van der Waals surface area contributed by atoms with Crippen molar-refractivity contribution >= 4 is 27.5 Å². The van der Waals surface area contributed by atoms with Crippen LogP contribution in [0, 0.1) is 5.82 Å². The van der Waals surface area contributed by atoms with Gasteiger partial charge in [0.2, 0.25) is 11.8 Å². The van der Waals surface area contributed by atoms with Crippen molar-refractivity contribution in [1.29, 1.82) is 0 Å². The molecule has 1 heterocycles. The summed E-state index contributed by atoms with van der Waals surface area (Å²) in [6, 6.07) is 17.0. The second-order valence-electron chi connectivity index (χ2n) is 9.79. The van der Waals surface area contributed by atoms with Gasteiger partial charge >= 0.3 is 0 Å². The Morgan fingerprint density at radius 2 is 1.61 bits per heavy atom. The van der Waals surface area contributed by atoms with Crippen LogP contribution in [0.2, 0.25) is 0 Å². The van der Waals surface area contributed by atoms with E-state index in [-0.39, 0.29) is 29.1 Å². The molecule has 218 valence electrons. The third-order valence-electron chi connectivity index (χ3n) is 6.86. The molecule has 1 N–H and O–H groups in total. The molecule has 0 unspecified atom stereocenters. The van der Waals surface area contributed by atoms with Gasteiger partial charge in [-0.3, -0.25) is 13.9 Å². The van der Waals surface area contributed by atoms with E-state index in [0.717, 1.165) is 4.31 Å². The first-order valence-electron chi connectivity index (χ1n) is 13.4. The Morgan fingerprint density at radius 3 is 2.27 bits per heavy atom. The van der Waals surface area contributed by atoms with E-state index in [2.05, 4.69) is 5.32 Å². The molecule has 2 amide bonds. The van der Waals surface area contributed by atoms with Crippen LogP contribution in [-0.4, -0.2) is 57.0 Å². The van der Waals surface area contributed by atoms with Crippen molar-refractivity contribution in [3.05, 3.63) is 84.2 Å². The Labute approximate surface area is 239 Å². The minimum absolute atomic E-state index is 0.00432. The third-order valence-corrected chi connectivity index (χ3v) is 8.65. The molecule has 1 aliphatic rings. The summed E-state index contributed by atoms with van der Waals surface area (Å²) in [6.45, 7) is 5.40. The van der Waals surface area contributed by atoms with Crippen molar-refractivity contribution in [3.8, 4) is 11.5 Å². The number of fused-ring (bicyclic) bond motifs is 1. The molecular weight excluding hydrogens is 549 g/mol. The number of benzene rings is 3. The maximum absolute atomic E-state index is 14.0. The van der Waals surface area contributed by atoms with Crippen LogP contribution in [0.4, 0.5) is 10.1 Å². The SMILES string of the molecule is CC[C@H](C)NC(=O)[C@H](C)N(Cc1ccc(F)cc1)C(=O)CN(c1ccc2c(c1)OCCO2)S(=O)(=O)c1ccccc1. The Kier molecular flexibility index (Phi) is 9.49. The molecule has 0 saturated carbocycles. The van der Waals surface area contributed by atoms with Crippen molar-refractivity contribution in [2.75, 3.05) is 24.1 Å². The highest BCUT2D eigenvalue weighted by Gasteiger charge is 2.33. The van der Waals surface area contributed by atoms with Crippen molar-refractivity contribution in [3.63, 3.8) is 0 Å². The van der Waals surface area contributed by atoms with E-state index in [1.165, 1.54) is 47.4 Å². The number of amides is 2. The molecular formula is C30H34FN3O6S. The molecule has 1 aliphatic heterocycles. The van der Waals surface area contributed by atoms with Gasteiger partial charge in [-0.2, -0.15) is 0 Å². The Balaban J connectivity index is 1.72. The predicted octanol–water partition coefficient (Wildman–Crippen LogP) is 4.12. The molecule has 0 aliphatic carbocycles. The number of anilines is 1. The number of nitrogens with zero attached hydrogens (tertiary/aromatic N) is 2. The van der Waals surface area contributed by atoms with E-state index in [4.69, 9.17) is 9.47 Å². The topological polar surface area (TPSA) is 105 Å². The number of hydrogen-bond donors (Lipinski definition) is 1. The third kappa shape index (κ3) is 7.15. The zero-order chi connectivity index (χ0) is 29.6. The lowest BCUT2D eigenvalue weighted by atomic mass is 10.1. The summed E-state index contributed by atoms with van der Waals surface area (Å²) in [5.41, 5.74) is 0.782. The van der Waals surface area contributed by atoms with Crippen LogP contribution in [0.3, 0.4) is 0 Å². The fraction of sp³-hybridized carbons (Fsp3) is 0.333. The van der Waals surface area contributed by atoms with Crippen LogP contribution in [0.1, 0.15) is 32.8 Å². The van der Waals surface area contributed by atoms with Gasteiger partial charge in [0.05, 0.1) is 10.6 Å². The van der Waals surface area contributed by atoms with Gasteiger partial charge in [-0.15, -0.1) is 0 Å². The van der Waals surface area contributed by atoms with Crippen LogP contribution in [0.5, 0.6) is 11.5 Å². The van der Waals surface area contributed by atoms with E-state index in [9.17, 15) is 22.4 Å². The molecule has 9 nitrogen and oxygen atoms in total. The first kappa shape index (κ1) is 29.9. The molecule has 11 heteroatoms. The molecule has 0 bridgehead atoms. The van der Waals surface area contributed by atoms with Gasteiger partial charge in [-0.05, 0) is 62.2 Å². The van der Waals surface area contributed by atoms with E-state index in [0.29, 0.717) is 36.7 Å². The largest absolute Gasteiger partial charge is 0.486 e. The van der Waals surface area contributed by atoms with Crippen molar-refractivity contribution in [2.45, 2.75) is 50.7 Å². The number of sulfonamides is 1. The van der Waals surface area contributed by atoms with Crippen LogP contribution < -0.4 is 19.1 Å². The molecule has 3 aromatic rings. The number of nitrogens with one attached hydrogen (secondary N) is 1. The van der Waals surface area contributed by atoms with Gasteiger partial charge in [-0.1, -0.05) is 37.3 Å². The van der Waals surface area contributed by atoms with E-state index < -0.39 is 34.3 Å². The average Bonchev–Trinajstić information content (AvgIpc) is 2.99. The summed E-state index contributed by atoms with van der Waals surface area (Å²) in [4.78, 5) is 28.4. The van der Waals surface area contributed by atoms with Crippen LogP contribution in [-0.2, 0) is 26.2 Å². The van der Waals surface area contributed by atoms with Gasteiger partial charge in [0.1, 0.15) is 31.6 Å². The second kappa shape index (κ2) is 13.0. The first-order valence-corrected chi connectivity index (χ1v) is 14.9. The summed E-state index contributed by atoms with van der Waals surface area (Å²) in [6.07, 6.45) is 0.692. The zero-order valence-corrected chi connectivity index (χ0v) is 24.1. The van der Waals surface area contributed by atoms with E-state index in [1.54, 1.807) is 37.3 Å². The Bertz CT molecular complexity index is 1470. The average molecular weight is 584 g/mol. The van der Waals surface area contributed by atoms with Crippen LogP contribution in [0.25, 0.3) is 0 Å². The van der Waals surface area contributed by atoms with Gasteiger partial charge in [0.15, 0.2) is 11.5 Å². The molecule has 4 rings (SSSR count). The number of carbonyl (C=O) groups excluding carboxylic acids is 2. The molecule has 41 heavy (non-hydrogen) atoms. The number of rotatable bonds is 11. The first-order chi connectivity index (χ1) is 19.6. The summed E-state index contributed by atoms with van der Waals surface area (Å²) in [7, 11) is -4.22. The van der Waals surface area contributed by atoms with Crippen molar-refractivity contribution < 1.29 is 31.9 Å². The van der Waals surface area contributed by atoms with Crippen LogP contribution >= 0.6 is 0 Å². The molecule has 0 spiro atoms. The summed E-state index contributed by atoms with van der Waals surface area (Å²) in [5, 5.41) is 2.88. The molecule has 3 aromatic carbocycles. The van der Waals surface area contributed by atoms with E-state index >= 15 is 0 Å². The zero-order valence-electron chi connectivity index (χ0n) is 23.2. The maximum atomic E-state index is 14.0. The number of carbonyl (C=O) groups is 2. The summed E-state index contributed by atoms with van der Waals surface area (Å²) < 4.78 is 53.6. The minimum atomic E-state index is -4.22. The number of ether oxygens (including phenoxy) is 2. The monoisotopic (exact) mass is 583 g/mol. The molecule has 0 radical (unpaired) electrons. The number of halogens is 1. The van der Waals surface area contributed by atoms with Gasteiger partial charge < -0.3 is 19.7 Å². The highest BCUT2D eigenvalue weighted by atomic mass is 32.2. The summed E-state index contributed by atoms with van der Waals surface area (Å²) in [5.74, 6) is -0.606. The summed E-state index contributed by atoms with van der Waals surface area (Å²) >= 11 is 0. The molecule has 0 saturated heterocycles. The fourth-order valence-corrected chi connectivity index (χ4v) is 5.70. The normalized spacial score (nSPS) is 14.0. The van der Waals surface area contributed by atoms with Gasteiger partial charge in [0, 0.05) is 18.7 Å². The lowest BCUT2D eigenvalue weighted by Gasteiger charge is -2.32. The Hall–Kier alpha value is -4.12. The Morgan fingerprint density at radius 1 is 0.951 bits per heavy atom. The highest BCUT2D eigenvalue weighted by molar-refractivity contribution is 7.92. The van der Waals surface area contributed by atoms with Gasteiger partial charge in [-0.25, -0.2) is 12.8 Å². The smallest absolute Gasteiger partial charge is 0.264 e.